The first-order valence-electron chi connectivity index (χ1n) is 17.6. The molecule has 0 spiro atoms. The summed E-state index contributed by atoms with van der Waals surface area (Å²) in [6.07, 6.45) is 3.60. The number of ether oxygens (including phenoxy) is 1. The van der Waals surface area contributed by atoms with E-state index in [0.29, 0.717) is 88.1 Å². The third kappa shape index (κ3) is 7.54. The third-order valence-electron chi connectivity index (χ3n) is 9.84. The van der Waals surface area contributed by atoms with Crippen molar-refractivity contribution in [3.63, 3.8) is 0 Å². The minimum Gasteiger partial charge on any atom is -0.496 e. The van der Waals surface area contributed by atoms with Crippen LogP contribution in [0.4, 0.5) is 5.69 Å². The van der Waals surface area contributed by atoms with Gasteiger partial charge in [0.2, 0.25) is 11.8 Å². The van der Waals surface area contributed by atoms with Crippen molar-refractivity contribution in [2.24, 2.45) is 7.05 Å². The van der Waals surface area contributed by atoms with Gasteiger partial charge in [0.15, 0.2) is 5.82 Å². The molecule has 7 rings (SSSR count). The van der Waals surface area contributed by atoms with E-state index < -0.39 is 5.91 Å². The maximum atomic E-state index is 13.7. The normalized spacial score (nSPS) is 15.3. The van der Waals surface area contributed by atoms with Crippen molar-refractivity contribution >= 4 is 46.6 Å². The van der Waals surface area contributed by atoms with Gasteiger partial charge in [-0.25, -0.2) is 14.6 Å². The molecule has 3 amide bonds. The topological polar surface area (TPSA) is 161 Å². The number of hydrogen-bond donors (Lipinski definition) is 3. The Kier molecular flexibility index (Phi) is 10.7. The number of pyridine rings is 1. The minimum absolute atomic E-state index is 0.0856. The predicted molar refractivity (Wildman–Crippen MR) is 204 cm³/mol. The number of fused-ring (bicyclic) bond motifs is 1. The van der Waals surface area contributed by atoms with Gasteiger partial charge in [-0.2, -0.15) is 5.10 Å². The summed E-state index contributed by atoms with van der Waals surface area (Å²) in [4.78, 5) is 53.6. The van der Waals surface area contributed by atoms with Crippen molar-refractivity contribution in [3.8, 4) is 28.1 Å². The van der Waals surface area contributed by atoms with Crippen LogP contribution in [0.5, 0.6) is 5.75 Å². The highest BCUT2D eigenvalue weighted by Gasteiger charge is 2.29. The van der Waals surface area contributed by atoms with Crippen LogP contribution in [0.1, 0.15) is 52.1 Å². The first kappa shape index (κ1) is 37.0. The molecule has 2 aliphatic rings. The Hall–Kier alpha value is -5.31. The molecule has 16 heteroatoms. The molecule has 1 atom stereocenters. The molecule has 3 N–H and O–H groups in total. The van der Waals surface area contributed by atoms with Gasteiger partial charge in [0.25, 0.3) is 5.91 Å². The zero-order chi connectivity index (χ0) is 38.1. The Morgan fingerprint density at radius 3 is 2.61 bits per heavy atom. The van der Waals surface area contributed by atoms with E-state index in [1.165, 1.54) is 0 Å². The Labute approximate surface area is 322 Å². The Balaban J connectivity index is 1.06. The van der Waals surface area contributed by atoms with Gasteiger partial charge < -0.3 is 30.2 Å². The number of aryl methyl sites for hydroxylation is 2. The van der Waals surface area contributed by atoms with E-state index in [-0.39, 0.29) is 36.8 Å². The maximum absolute atomic E-state index is 13.7. The second kappa shape index (κ2) is 15.6. The van der Waals surface area contributed by atoms with Crippen molar-refractivity contribution < 1.29 is 19.1 Å². The highest BCUT2D eigenvalue weighted by atomic mass is 35.5. The van der Waals surface area contributed by atoms with Crippen LogP contribution in [0.3, 0.4) is 0 Å². The molecule has 0 unspecified atom stereocenters. The van der Waals surface area contributed by atoms with E-state index in [1.54, 1.807) is 59.6 Å². The van der Waals surface area contributed by atoms with Crippen LogP contribution < -0.4 is 20.7 Å². The van der Waals surface area contributed by atoms with Gasteiger partial charge in [-0.3, -0.25) is 19.4 Å². The number of nitrogens with zero attached hydrogens (tertiary/aromatic N) is 7. The number of carbonyl (C=O) groups excluding carboxylic acids is 3. The fourth-order valence-corrected chi connectivity index (χ4v) is 7.60. The van der Waals surface area contributed by atoms with Crippen LogP contribution in [0.2, 0.25) is 10.0 Å². The number of halogens is 2. The summed E-state index contributed by atoms with van der Waals surface area (Å²) in [5.74, 6) is 1.73. The van der Waals surface area contributed by atoms with Gasteiger partial charge in [0.1, 0.15) is 23.9 Å². The molecule has 280 valence electrons. The molecule has 1 fully saturated rings. The highest BCUT2D eigenvalue weighted by molar-refractivity contribution is 6.39. The van der Waals surface area contributed by atoms with Gasteiger partial charge in [-0.05, 0) is 38.5 Å². The number of benzene rings is 2. The smallest absolute Gasteiger partial charge is 0.291 e. The van der Waals surface area contributed by atoms with Crippen molar-refractivity contribution in [2.45, 2.75) is 58.8 Å². The van der Waals surface area contributed by atoms with Gasteiger partial charge in [-0.15, -0.1) is 0 Å². The molecule has 0 radical (unpaired) electrons. The highest BCUT2D eigenvalue weighted by Crippen LogP contribution is 2.41. The van der Waals surface area contributed by atoms with Crippen molar-refractivity contribution in [1.29, 1.82) is 0 Å². The van der Waals surface area contributed by atoms with Gasteiger partial charge in [0.05, 0.1) is 40.8 Å². The molecular weight excluding hydrogens is 731 g/mol. The van der Waals surface area contributed by atoms with Crippen LogP contribution in [-0.4, -0.2) is 78.2 Å². The molecule has 3 aromatic heterocycles. The molecule has 0 aliphatic carbocycles. The molecule has 54 heavy (non-hydrogen) atoms. The SMILES string of the molecule is COc1cc(-c2nccc(-c3cccc(NC(=O)c4nc5c(n4C)CCN(C(=O)Cn4nc(C)nc4C)C5)c3Cl)c2Cl)ccc1CNC[C@@H]1CCC(=O)N1. The molecule has 0 saturated carbocycles. The lowest BCUT2D eigenvalue weighted by Gasteiger charge is -2.26. The average molecular weight is 772 g/mol. The quantitative estimate of drug-likeness (QED) is 0.170. The Morgan fingerprint density at radius 1 is 1.06 bits per heavy atom. The summed E-state index contributed by atoms with van der Waals surface area (Å²) < 4.78 is 9.08. The first-order valence-corrected chi connectivity index (χ1v) is 18.4. The van der Waals surface area contributed by atoms with Crippen LogP contribution >= 0.6 is 23.2 Å². The van der Waals surface area contributed by atoms with Crippen LogP contribution in [0.25, 0.3) is 22.4 Å². The zero-order valence-electron chi connectivity index (χ0n) is 30.4. The monoisotopic (exact) mass is 770 g/mol. The molecule has 2 aromatic carbocycles. The van der Waals surface area contributed by atoms with E-state index in [1.807, 2.05) is 31.2 Å². The lowest BCUT2D eigenvalue weighted by atomic mass is 10.0. The zero-order valence-corrected chi connectivity index (χ0v) is 31.9. The maximum Gasteiger partial charge on any atom is 0.291 e. The summed E-state index contributed by atoms with van der Waals surface area (Å²) in [6, 6.07) is 13.0. The van der Waals surface area contributed by atoms with E-state index >= 15 is 0 Å². The molecule has 14 nitrogen and oxygen atoms in total. The summed E-state index contributed by atoms with van der Waals surface area (Å²) >= 11 is 14.0. The van der Waals surface area contributed by atoms with Crippen molar-refractivity contribution in [2.75, 3.05) is 25.5 Å². The molecule has 0 bridgehead atoms. The summed E-state index contributed by atoms with van der Waals surface area (Å²) in [7, 11) is 3.41. The Morgan fingerprint density at radius 2 is 1.87 bits per heavy atom. The number of hydrogen-bond acceptors (Lipinski definition) is 9. The number of rotatable bonds is 11. The number of imidazole rings is 1. The third-order valence-corrected chi connectivity index (χ3v) is 10.6. The second-order valence-corrected chi connectivity index (χ2v) is 14.2. The number of anilines is 1. The fraction of sp³-hybridized carbons (Fsp3) is 0.342. The minimum atomic E-state index is -0.436. The first-order chi connectivity index (χ1) is 26.0. The van der Waals surface area contributed by atoms with E-state index in [2.05, 4.69) is 36.0 Å². The summed E-state index contributed by atoms with van der Waals surface area (Å²) in [5.41, 5.74) is 5.47. The molecule has 2 aliphatic heterocycles. The van der Waals surface area contributed by atoms with Crippen LogP contribution in [-0.2, 0) is 42.7 Å². The predicted octanol–water partition coefficient (Wildman–Crippen LogP) is 4.88. The van der Waals surface area contributed by atoms with Gasteiger partial charge in [-0.1, -0.05) is 47.5 Å². The van der Waals surface area contributed by atoms with Gasteiger partial charge in [0, 0.05) is 79.7 Å². The number of methoxy groups -OCH3 is 1. The largest absolute Gasteiger partial charge is 0.496 e. The Bertz CT molecular complexity index is 2270. The summed E-state index contributed by atoms with van der Waals surface area (Å²) in [5, 5.41) is 14.3. The average Bonchev–Trinajstić information content (AvgIpc) is 3.83. The summed E-state index contributed by atoms with van der Waals surface area (Å²) in [6.45, 7) is 5.71. The number of aromatic nitrogens is 6. The second-order valence-electron chi connectivity index (χ2n) is 13.4. The van der Waals surface area contributed by atoms with E-state index in [0.717, 1.165) is 23.2 Å². The van der Waals surface area contributed by atoms with Gasteiger partial charge >= 0.3 is 0 Å². The lowest BCUT2D eigenvalue weighted by molar-refractivity contribution is -0.133. The number of nitrogens with one attached hydrogen (secondary N) is 3. The van der Waals surface area contributed by atoms with E-state index in [4.69, 9.17) is 27.9 Å². The number of carbonyl (C=O) groups is 3. The van der Waals surface area contributed by atoms with Crippen molar-refractivity contribution in [1.82, 2.24) is 44.8 Å². The van der Waals surface area contributed by atoms with Crippen LogP contribution in [0.15, 0.2) is 48.7 Å². The number of amides is 3. The fourth-order valence-electron chi connectivity index (χ4n) is 7.00. The standard InChI is InChI=1S/C38H40Cl2N10O4/c1-21-43-22(2)50(47-21)20-33(52)49-15-13-30-29(19-49)45-37(48(30)3)38(53)46-28-7-5-6-26(34(28)39)27-12-14-42-36(35(27)40)23-8-9-24(31(16-23)54-4)17-41-18-25-10-11-32(51)44-25/h5-9,12,14,16,25,41H,10-11,13,15,17-20H2,1-4H3,(H,44,51)(H,46,53)/t25-/m0/s1. The van der Waals surface area contributed by atoms with E-state index in [9.17, 15) is 14.4 Å². The molecule has 5 aromatic rings. The lowest BCUT2D eigenvalue weighted by Crippen LogP contribution is -2.38. The van der Waals surface area contributed by atoms with Crippen LogP contribution in [0, 0.1) is 13.8 Å². The molecule has 1 saturated heterocycles. The van der Waals surface area contributed by atoms with Crippen molar-refractivity contribution in [3.05, 3.63) is 93.1 Å². The molecule has 5 heterocycles. The molecular formula is C38H40Cl2N10O4.